The first-order chi connectivity index (χ1) is 13.4. The Labute approximate surface area is 166 Å². The molecule has 1 aromatic heterocycles. The van der Waals surface area contributed by atoms with Gasteiger partial charge < -0.3 is 10.1 Å². The summed E-state index contributed by atoms with van der Waals surface area (Å²) >= 11 is 1.30. The molecule has 146 valence electrons. The quantitative estimate of drug-likeness (QED) is 0.726. The zero-order chi connectivity index (χ0) is 20.3. The summed E-state index contributed by atoms with van der Waals surface area (Å²) in [7, 11) is 0. The van der Waals surface area contributed by atoms with Crippen molar-refractivity contribution in [1.82, 2.24) is 5.32 Å². The summed E-state index contributed by atoms with van der Waals surface area (Å²) in [4.78, 5) is 49.3. The van der Waals surface area contributed by atoms with Crippen LogP contribution < -0.4 is 10.6 Å². The van der Waals surface area contributed by atoms with E-state index in [1.165, 1.54) is 11.3 Å². The normalized spacial score (nSPS) is 12.9. The predicted octanol–water partition coefficient (Wildman–Crippen LogP) is 2.83. The number of hydrogen-bond acceptors (Lipinski definition) is 6. The Hall–Kier alpha value is -3.00. The molecule has 0 radical (unpaired) electrons. The van der Waals surface area contributed by atoms with Gasteiger partial charge in [-0.15, -0.1) is 11.3 Å². The van der Waals surface area contributed by atoms with E-state index in [1.807, 2.05) is 6.92 Å². The Kier molecular flexibility index (Phi) is 5.89. The van der Waals surface area contributed by atoms with Crippen molar-refractivity contribution in [2.24, 2.45) is 5.92 Å². The molecule has 0 unspecified atom stereocenters. The molecule has 28 heavy (non-hydrogen) atoms. The molecule has 2 aromatic rings. The van der Waals surface area contributed by atoms with E-state index < -0.39 is 24.4 Å². The topological polar surface area (TPSA) is 102 Å². The van der Waals surface area contributed by atoms with E-state index in [0.717, 1.165) is 17.7 Å². The summed E-state index contributed by atoms with van der Waals surface area (Å²) in [5, 5.41) is 5.38. The number of hydrogen-bond donors (Lipinski definition) is 2. The summed E-state index contributed by atoms with van der Waals surface area (Å²) in [6.07, 6.45) is 1.70. The fourth-order valence-corrected chi connectivity index (χ4v) is 3.60. The summed E-state index contributed by atoms with van der Waals surface area (Å²) in [6.45, 7) is 3.00. The maximum atomic E-state index is 12.5. The zero-order valence-electron chi connectivity index (χ0n) is 15.5. The summed E-state index contributed by atoms with van der Waals surface area (Å²) < 4.78 is 5.07. The van der Waals surface area contributed by atoms with Gasteiger partial charge in [0.15, 0.2) is 6.61 Å². The minimum Gasteiger partial charge on any atom is -0.452 e. The number of esters is 1. The van der Waals surface area contributed by atoms with Gasteiger partial charge >= 0.3 is 5.97 Å². The first kappa shape index (κ1) is 19.8. The predicted molar refractivity (Wildman–Crippen MR) is 104 cm³/mol. The molecule has 0 bridgehead atoms. The average Bonchev–Trinajstić information content (AvgIpc) is 3.48. The maximum Gasteiger partial charge on any atom is 0.341 e. The minimum atomic E-state index is -0.727. The standard InChI is InChI=1S/C20H20N2O5S/c1-11-12(2)28-19(22-18(25)14-8-9-14)16(11)20(26)27-10-15(23)21-17(24)13-6-4-3-5-7-13/h3-7,14H,8-10H2,1-2H3,(H,22,25)(H,21,23,24). The van der Waals surface area contributed by atoms with Gasteiger partial charge in [0, 0.05) is 16.4 Å². The maximum absolute atomic E-state index is 12.5. The number of anilines is 1. The molecule has 8 heteroatoms. The van der Waals surface area contributed by atoms with E-state index >= 15 is 0 Å². The molecular formula is C20H20N2O5S. The molecule has 0 saturated heterocycles. The van der Waals surface area contributed by atoms with Crippen molar-refractivity contribution in [3.8, 4) is 0 Å². The molecular weight excluding hydrogens is 380 g/mol. The van der Waals surface area contributed by atoms with Crippen LogP contribution >= 0.6 is 11.3 Å². The highest BCUT2D eigenvalue weighted by atomic mass is 32.1. The number of rotatable bonds is 6. The lowest BCUT2D eigenvalue weighted by Crippen LogP contribution is -2.34. The number of thiophene rings is 1. The Morgan fingerprint density at radius 1 is 1.11 bits per heavy atom. The molecule has 1 heterocycles. The number of imide groups is 1. The highest BCUT2D eigenvalue weighted by molar-refractivity contribution is 7.16. The molecule has 3 rings (SSSR count). The largest absolute Gasteiger partial charge is 0.452 e. The van der Waals surface area contributed by atoms with Gasteiger partial charge in [0.2, 0.25) is 5.91 Å². The second-order valence-electron chi connectivity index (χ2n) is 6.57. The minimum absolute atomic E-state index is 0.00126. The van der Waals surface area contributed by atoms with Gasteiger partial charge in [-0.3, -0.25) is 19.7 Å². The van der Waals surface area contributed by atoms with Crippen LogP contribution in [0.2, 0.25) is 0 Å². The van der Waals surface area contributed by atoms with E-state index in [9.17, 15) is 19.2 Å². The summed E-state index contributed by atoms with van der Waals surface area (Å²) in [6, 6.07) is 8.25. The molecule has 3 amide bonds. The Morgan fingerprint density at radius 2 is 1.79 bits per heavy atom. The van der Waals surface area contributed by atoms with Gasteiger partial charge in [-0.2, -0.15) is 0 Å². The Bertz CT molecular complexity index is 932. The Balaban J connectivity index is 1.60. The highest BCUT2D eigenvalue weighted by Crippen LogP contribution is 2.36. The van der Waals surface area contributed by atoms with Gasteiger partial charge in [0.25, 0.3) is 11.8 Å². The van der Waals surface area contributed by atoms with Crippen molar-refractivity contribution in [1.29, 1.82) is 0 Å². The molecule has 0 spiro atoms. The number of ether oxygens (including phenoxy) is 1. The molecule has 1 saturated carbocycles. The Morgan fingerprint density at radius 3 is 2.43 bits per heavy atom. The van der Waals surface area contributed by atoms with Crippen LogP contribution in [0.4, 0.5) is 5.00 Å². The number of carbonyl (C=O) groups excluding carboxylic acids is 4. The first-order valence-electron chi connectivity index (χ1n) is 8.84. The lowest BCUT2D eigenvalue weighted by atomic mass is 10.1. The van der Waals surface area contributed by atoms with E-state index in [0.29, 0.717) is 16.1 Å². The molecule has 2 N–H and O–H groups in total. The van der Waals surface area contributed by atoms with Crippen LogP contribution in [0.3, 0.4) is 0 Å². The van der Waals surface area contributed by atoms with Crippen LogP contribution in [0.5, 0.6) is 0 Å². The van der Waals surface area contributed by atoms with Crippen LogP contribution in [0.25, 0.3) is 0 Å². The van der Waals surface area contributed by atoms with Gasteiger partial charge in [0.1, 0.15) is 5.00 Å². The zero-order valence-corrected chi connectivity index (χ0v) is 16.4. The second-order valence-corrected chi connectivity index (χ2v) is 7.80. The van der Waals surface area contributed by atoms with Crippen molar-refractivity contribution in [3.05, 3.63) is 51.9 Å². The van der Waals surface area contributed by atoms with Gasteiger partial charge in [-0.05, 0) is 44.4 Å². The molecule has 0 aliphatic heterocycles. The SMILES string of the molecule is Cc1sc(NC(=O)C2CC2)c(C(=O)OCC(=O)NC(=O)c2ccccc2)c1C. The molecule has 1 aliphatic rings. The molecule has 1 fully saturated rings. The molecule has 0 atom stereocenters. The number of aryl methyl sites for hydroxylation is 1. The van der Waals surface area contributed by atoms with E-state index in [-0.39, 0.29) is 17.4 Å². The number of carbonyl (C=O) groups is 4. The highest BCUT2D eigenvalue weighted by Gasteiger charge is 2.31. The van der Waals surface area contributed by atoms with E-state index in [1.54, 1.807) is 37.3 Å². The third kappa shape index (κ3) is 4.64. The molecule has 1 aliphatic carbocycles. The fraction of sp³-hybridized carbons (Fsp3) is 0.300. The van der Waals surface area contributed by atoms with Crippen molar-refractivity contribution < 1.29 is 23.9 Å². The van der Waals surface area contributed by atoms with Crippen LogP contribution in [-0.2, 0) is 14.3 Å². The fourth-order valence-electron chi connectivity index (χ4n) is 2.55. The number of benzene rings is 1. The lowest BCUT2D eigenvalue weighted by molar-refractivity contribution is -0.123. The van der Waals surface area contributed by atoms with Crippen LogP contribution in [0, 0.1) is 19.8 Å². The average molecular weight is 400 g/mol. The van der Waals surface area contributed by atoms with E-state index in [4.69, 9.17) is 4.74 Å². The van der Waals surface area contributed by atoms with Crippen molar-refractivity contribution in [2.45, 2.75) is 26.7 Å². The third-order valence-corrected chi connectivity index (χ3v) is 5.52. The van der Waals surface area contributed by atoms with Crippen molar-refractivity contribution >= 4 is 40.0 Å². The van der Waals surface area contributed by atoms with Crippen LogP contribution in [0.15, 0.2) is 30.3 Å². The van der Waals surface area contributed by atoms with Crippen molar-refractivity contribution in [2.75, 3.05) is 11.9 Å². The van der Waals surface area contributed by atoms with E-state index in [2.05, 4.69) is 10.6 Å². The first-order valence-corrected chi connectivity index (χ1v) is 9.65. The molecule has 1 aromatic carbocycles. The van der Waals surface area contributed by atoms with Gasteiger partial charge in [-0.25, -0.2) is 4.79 Å². The molecule has 7 nitrogen and oxygen atoms in total. The summed E-state index contributed by atoms with van der Waals surface area (Å²) in [5.41, 5.74) is 1.28. The van der Waals surface area contributed by atoms with Gasteiger partial charge in [0.05, 0.1) is 5.56 Å². The smallest absolute Gasteiger partial charge is 0.341 e. The summed E-state index contributed by atoms with van der Waals surface area (Å²) in [5.74, 6) is -2.12. The third-order valence-electron chi connectivity index (χ3n) is 4.40. The van der Waals surface area contributed by atoms with Gasteiger partial charge in [-0.1, -0.05) is 18.2 Å². The number of nitrogens with one attached hydrogen (secondary N) is 2. The van der Waals surface area contributed by atoms with Crippen LogP contribution in [0.1, 0.15) is 44.0 Å². The monoisotopic (exact) mass is 400 g/mol. The lowest BCUT2D eigenvalue weighted by Gasteiger charge is -2.08. The second kappa shape index (κ2) is 8.35. The number of amides is 3. The van der Waals surface area contributed by atoms with Crippen molar-refractivity contribution in [3.63, 3.8) is 0 Å². The van der Waals surface area contributed by atoms with Crippen LogP contribution in [-0.4, -0.2) is 30.3 Å².